The van der Waals surface area contributed by atoms with Crippen LogP contribution in [0.3, 0.4) is 0 Å². The molecular formula is C28H34N4O3SSi. The van der Waals surface area contributed by atoms with Crippen LogP contribution in [0.25, 0.3) is 33.9 Å². The fraction of sp³-hybridized carbons (Fsp3) is 0.286. The van der Waals surface area contributed by atoms with E-state index in [-0.39, 0.29) is 6.54 Å². The zero-order valence-electron chi connectivity index (χ0n) is 21.8. The van der Waals surface area contributed by atoms with Gasteiger partial charge in [-0.25, -0.2) is 18.1 Å². The summed E-state index contributed by atoms with van der Waals surface area (Å²) in [4.78, 5) is 9.30. The molecular weight excluding hydrogens is 500 g/mol. The molecule has 0 atom stereocenters. The van der Waals surface area contributed by atoms with Gasteiger partial charge in [0.2, 0.25) is 10.0 Å². The van der Waals surface area contributed by atoms with E-state index in [2.05, 4.69) is 46.0 Å². The molecule has 4 aromatic rings. The largest absolute Gasteiger partial charge is 0.361 e. The molecule has 2 aromatic heterocycles. The van der Waals surface area contributed by atoms with Crippen molar-refractivity contribution >= 4 is 18.1 Å². The van der Waals surface area contributed by atoms with Gasteiger partial charge in [0.05, 0.1) is 17.6 Å². The number of nitrogens with one attached hydrogen (secondary N) is 1. The van der Waals surface area contributed by atoms with Crippen molar-refractivity contribution in [3.63, 3.8) is 0 Å². The van der Waals surface area contributed by atoms with Gasteiger partial charge in [-0.2, -0.15) is 0 Å². The lowest BCUT2D eigenvalue weighted by atomic mass is 10.0. The van der Waals surface area contributed by atoms with Crippen LogP contribution in [0, 0.1) is 0 Å². The highest BCUT2D eigenvalue weighted by atomic mass is 32.2. The quantitative estimate of drug-likeness (QED) is 0.199. The Bertz CT molecular complexity index is 1420. The van der Waals surface area contributed by atoms with Gasteiger partial charge in [0.1, 0.15) is 12.6 Å². The fourth-order valence-corrected chi connectivity index (χ4v) is 5.10. The third-order valence-corrected chi connectivity index (χ3v) is 8.31. The average molecular weight is 535 g/mol. The van der Waals surface area contributed by atoms with E-state index in [1.165, 1.54) is 0 Å². The minimum atomic E-state index is -3.27. The monoisotopic (exact) mass is 534 g/mol. The van der Waals surface area contributed by atoms with Crippen LogP contribution in [-0.2, 0) is 28.0 Å². The standard InChI is InChI=1S/C28H34N4O3SSi/c1-36(33,34)30-20-22-10-12-24(13-11-22)27-26(23-14-16-29-17-15-23)31-28(25-8-6-5-7-9-25)32(27)21-35-18-19-37(2,3)4/h5-17,30H,18-21H2,1-4H3. The number of nitrogens with zero attached hydrogens (tertiary/aromatic N) is 3. The van der Waals surface area contributed by atoms with E-state index in [4.69, 9.17) is 9.72 Å². The first-order chi connectivity index (χ1) is 17.6. The Balaban J connectivity index is 1.79. The van der Waals surface area contributed by atoms with E-state index in [9.17, 15) is 8.42 Å². The first kappa shape index (κ1) is 26.9. The van der Waals surface area contributed by atoms with Gasteiger partial charge < -0.3 is 4.74 Å². The van der Waals surface area contributed by atoms with Crippen molar-refractivity contribution < 1.29 is 13.2 Å². The summed E-state index contributed by atoms with van der Waals surface area (Å²) in [7, 11) is -4.50. The molecule has 2 aromatic carbocycles. The molecule has 0 radical (unpaired) electrons. The summed E-state index contributed by atoms with van der Waals surface area (Å²) in [5.41, 5.74) is 5.61. The lowest BCUT2D eigenvalue weighted by Gasteiger charge is -2.18. The molecule has 0 aliphatic rings. The van der Waals surface area contributed by atoms with Crippen LogP contribution in [0.2, 0.25) is 25.7 Å². The van der Waals surface area contributed by atoms with E-state index >= 15 is 0 Å². The lowest BCUT2D eigenvalue weighted by Crippen LogP contribution is -2.22. The van der Waals surface area contributed by atoms with Gasteiger partial charge in [-0.1, -0.05) is 74.2 Å². The van der Waals surface area contributed by atoms with Crippen LogP contribution < -0.4 is 4.72 Å². The van der Waals surface area contributed by atoms with Crippen molar-refractivity contribution in [1.29, 1.82) is 0 Å². The van der Waals surface area contributed by atoms with E-state index < -0.39 is 18.1 Å². The third kappa shape index (κ3) is 7.45. The molecule has 9 heteroatoms. The molecule has 0 saturated carbocycles. The second-order valence-electron chi connectivity index (χ2n) is 10.3. The van der Waals surface area contributed by atoms with Crippen LogP contribution >= 0.6 is 0 Å². The first-order valence-corrected chi connectivity index (χ1v) is 17.9. The Hall–Kier alpha value is -3.11. The zero-order chi connectivity index (χ0) is 26.5. The molecule has 0 aliphatic heterocycles. The second kappa shape index (κ2) is 11.5. The van der Waals surface area contributed by atoms with Gasteiger partial charge in [0.25, 0.3) is 0 Å². The van der Waals surface area contributed by atoms with E-state index in [1.54, 1.807) is 12.4 Å². The molecule has 0 fully saturated rings. The number of hydrogen-bond donors (Lipinski definition) is 1. The van der Waals surface area contributed by atoms with Gasteiger partial charge >= 0.3 is 0 Å². The van der Waals surface area contributed by atoms with Crippen molar-refractivity contribution in [2.24, 2.45) is 0 Å². The normalized spacial score (nSPS) is 12.1. The maximum atomic E-state index is 11.5. The van der Waals surface area contributed by atoms with E-state index in [1.807, 2.05) is 54.6 Å². The summed E-state index contributed by atoms with van der Waals surface area (Å²) in [6.45, 7) is 8.34. The van der Waals surface area contributed by atoms with Gasteiger partial charge in [0, 0.05) is 50.3 Å². The topological polar surface area (TPSA) is 86.1 Å². The molecule has 2 heterocycles. The summed E-state index contributed by atoms with van der Waals surface area (Å²) >= 11 is 0. The van der Waals surface area contributed by atoms with Gasteiger partial charge in [-0.05, 0) is 23.7 Å². The molecule has 37 heavy (non-hydrogen) atoms. The predicted molar refractivity (Wildman–Crippen MR) is 152 cm³/mol. The molecule has 0 aliphatic carbocycles. The summed E-state index contributed by atoms with van der Waals surface area (Å²) < 4.78 is 34.0. The van der Waals surface area contributed by atoms with Crippen LogP contribution in [0.1, 0.15) is 5.56 Å². The Labute approximate surface area is 220 Å². The third-order valence-electron chi connectivity index (χ3n) is 5.94. The van der Waals surface area contributed by atoms with Gasteiger partial charge in [-0.3, -0.25) is 9.55 Å². The smallest absolute Gasteiger partial charge is 0.209 e. The Morgan fingerprint density at radius 3 is 2.19 bits per heavy atom. The SMILES string of the molecule is C[Si](C)(C)CCOCn1c(-c2ccccc2)nc(-c2ccncc2)c1-c1ccc(CNS(C)(=O)=O)cc1. The van der Waals surface area contributed by atoms with Crippen LogP contribution in [0.15, 0.2) is 79.1 Å². The molecule has 4 rings (SSSR count). The Morgan fingerprint density at radius 2 is 1.57 bits per heavy atom. The van der Waals surface area contributed by atoms with Crippen molar-refractivity contribution in [1.82, 2.24) is 19.3 Å². The number of rotatable bonds is 11. The van der Waals surface area contributed by atoms with Crippen molar-refractivity contribution in [2.45, 2.75) is 39.0 Å². The zero-order valence-corrected chi connectivity index (χ0v) is 23.6. The molecule has 0 unspecified atom stereocenters. The maximum absolute atomic E-state index is 11.5. The lowest BCUT2D eigenvalue weighted by molar-refractivity contribution is 0.0893. The minimum Gasteiger partial charge on any atom is -0.361 e. The van der Waals surface area contributed by atoms with Gasteiger partial charge in [-0.15, -0.1) is 0 Å². The Morgan fingerprint density at radius 1 is 0.892 bits per heavy atom. The van der Waals surface area contributed by atoms with Crippen LogP contribution in [0.5, 0.6) is 0 Å². The van der Waals surface area contributed by atoms with Gasteiger partial charge in [0.15, 0.2) is 0 Å². The number of hydrogen-bond acceptors (Lipinski definition) is 5. The Kier molecular flexibility index (Phi) is 8.38. The first-order valence-electron chi connectivity index (χ1n) is 12.3. The fourth-order valence-electron chi connectivity index (χ4n) is 3.92. The highest BCUT2D eigenvalue weighted by molar-refractivity contribution is 7.88. The van der Waals surface area contributed by atoms with Crippen molar-refractivity contribution in [2.75, 3.05) is 12.9 Å². The predicted octanol–water partition coefficient (Wildman–Crippen LogP) is 5.64. The molecule has 0 bridgehead atoms. The average Bonchev–Trinajstić information content (AvgIpc) is 3.25. The van der Waals surface area contributed by atoms with E-state index in [0.717, 1.165) is 51.8 Å². The molecule has 0 amide bonds. The molecule has 194 valence electrons. The number of ether oxygens (including phenoxy) is 1. The number of aromatic nitrogens is 3. The molecule has 0 spiro atoms. The summed E-state index contributed by atoms with van der Waals surface area (Å²) in [5.74, 6) is 0.832. The van der Waals surface area contributed by atoms with Crippen LogP contribution in [0.4, 0.5) is 0 Å². The number of sulfonamides is 1. The number of imidazole rings is 1. The summed E-state index contributed by atoms with van der Waals surface area (Å²) in [6, 6.07) is 23.0. The molecule has 0 saturated heterocycles. The van der Waals surface area contributed by atoms with E-state index in [0.29, 0.717) is 13.3 Å². The number of benzene rings is 2. The molecule has 1 N–H and O–H groups in total. The number of pyridine rings is 1. The highest BCUT2D eigenvalue weighted by Crippen LogP contribution is 2.36. The van der Waals surface area contributed by atoms with Crippen molar-refractivity contribution in [3.05, 3.63) is 84.7 Å². The second-order valence-corrected chi connectivity index (χ2v) is 17.8. The summed E-state index contributed by atoms with van der Waals surface area (Å²) in [5, 5.41) is 0. The van der Waals surface area contributed by atoms with Crippen LogP contribution in [-0.4, -0.2) is 43.9 Å². The maximum Gasteiger partial charge on any atom is 0.209 e. The van der Waals surface area contributed by atoms with Crippen molar-refractivity contribution in [3.8, 4) is 33.9 Å². The minimum absolute atomic E-state index is 0.241. The molecule has 7 nitrogen and oxygen atoms in total. The summed E-state index contributed by atoms with van der Waals surface area (Å²) in [6.07, 6.45) is 4.70. The highest BCUT2D eigenvalue weighted by Gasteiger charge is 2.22.